The van der Waals surface area contributed by atoms with Gasteiger partial charge in [-0.3, -0.25) is 4.79 Å². The van der Waals surface area contributed by atoms with Crippen molar-refractivity contribution in [2.24, 2.45) is 0 Å². The fraction of sp³-hybridized carbons (Fsp3) is 0.278. The molecule has 1 N–H and O–H groups in total. The Morgan fingerprint density at radius 3 is 2.32 bits per heavy atom. The number of nitrogens with zero attached hydrogens (tertiary/aromatic N) is 2. The minimum absolute atomic E-state index is 0.0104. The van der Waals surface area contributed by atoms with Gasteiger partial charge in [0.1, 0.15) is 11.6 Å². The van der Waals surface area contributed by atoms with Crippen molar-refractivity contribution in [2.75, 3.05) is 6.61 Å². The minimum atomic E-state index is -0.0104. The van der Waals surface area contributed by atoms with Gasteiger partial charge in [-0.15, -0.1) is 0 Å². The highest BCUT2D eigenvalue weighted by Gasteiger charge is 2.12. The third kappa shape index (κ3) is 7.43. The molecule has 0 saturated heterocycles. The number of aromatic nitrogens is 2. The Labute approximate surface area is 243 Å². The molecule has 5 heteroatoms. The van der Waals surface area contributed by atoms with Gasteiger partial charge in [-0.25, -0.2) is 4.98 Å². The number of unbranched alkanes of at least 4 members (excludes halogenated alkanes) is 1. The first-order valence-electron chi connectivity index (χ1n) is 14.7. The smallest absolute Gasteiger partial charge is 0.224 e. The zero-order chi connectivity index (χ0) is 28.4. The lowest BCUT2D eigenvalue weighted by molar-refractivity contribution is -0.120. The molecule has 0 aliphatic rings. The molecule has 0 saturated carbocycles. The number of aryl methyl sites for hydroxylation is 1. The van der Waals surface area contributed by atoms with Gasteiger partial charge in [0.25, 0.3) is 0 Å². The van der Waals surface area contributed by atoms with Gasteiger partial charge in [0.15, 0.2) is 0 Å². The highest BCUT2D eigenvalue weighted by Crippen LogP contribution is 2.22. The number of carbonyl (C=O) groups excluding carboxylic acids is 1. The van der Waals surface area contributed by atoms with Crippen molar-refractivity contribution >= 4 is 16.9 Å². The predicted molar refractivity (Wildman–Crippen MR) is 167 cm³/mol. The average Bonchev–Trinajstić information content (AvgIpc) is 3.38. The van der Waals surface area contributed by atoms with Crippen LogP contribution in [0.1, 0.15) is 56.0 Å². The van der Waals surface area contributed by atoms with E-state index in [2.05, 4.69) is 78.3 Å². The Bertz CT molecular complexity index is 1540. The van der Waals surface area contributed by atoms with Crippen LogP contribution in [0.25, 0.3) is 22.2 Å². The van der Waals surface area contributed by atoms with E-state index in [1.165, 1.54) is 11.1 Å². The second-order valence-corrected chi connectivity index (χ2v) is 10.6. The number of carbonyl (C=O) groups is 1. The lowest BCUT2D eigenvalue weighted by atomic mass is 9.99. The molecule has 5 aromatic rings. The van der Waals surface area contributed by atoms with Crippen LogP contribution in [0, 0.1) is 0 Å². The largest absolute Gasteiger partial charge is 0.494 e. The molecule has 210 valence electrons. The fourth-order valence-corrected chi connectivity index (χ4v) is 5.07. The van der Waals surface area contributed by atoms with Gasteiger partial charge in [0, 0.05) is 6.54 Å². The maximum atomic E-state index is 12.8. The van der Waals surface area contributed by atoms with Crippen molar-refractivity contribution in [2.45, 2.75) is 58.5 Å². The number of para-hydroxylation sites is 2. The molecule has 1 unspecified atom stereocenters. The SMILES string of the molecule is CCC(C)c1ccc(OCCCCn2c(CNC(=O)Cc3ccc(-c4ccccc4)cc3)nc3ccccc32)cc1. The summed E-state index contributed by atoms with van der Waals surface area (Å²) >= 11 is 0. The molecule has 4 aromatic carbocycles. The summed E-state index contributed by atoms with van der Waals surface area (Å²) in [5.41, 5.74) is 6.71. The number of fused-ring (bicyclic) bond motifs is 1. The molecular formula is C36H39N3O2. The first kappa shape index (κ1) is 28.2. The van der Waals surface area contributed by atoms with Crippen LogP contribution in [-0.2, 0) is 24.3 Å². The van der Waals surface area contributed by atoms with Crippen molar-refractivity contribution in [3.05, 3.63) is 120 Å². The molecule has 1 atom stereocenters. The molecule has 1 amide bonds. The Morgan fingerprint density at radius 1 is 0.854 bits per heavy atom. The number of ether oxygens (including phenoxy) is 1. The minimum Gasteiger partial charge on any atom is -0.494 e. The van der Waals surface area contributed by atoms with Gasteiger partial charge in [0.05, 0.1) is 30.6 Å². The second kappa shape index (κ2) is 13.8. The van der Waals surface area contributed by atoms with E-state index in [0.717, 1.165) is 59.5 Å². The summed E-state index contributed by atoms with van der Waals surface area (Å²) in [5, 5.41) is 3.09. The molecule has 1 heterocycles. The third-order valence-corrected chi connectivity index (χ3v) is 7.71. The maximum Gasteiger partial charge on any atom is 0.224 e. The summed E-state index contributed by atoms with van der Waals surface area (Å²) in [4.78, 5) is 17.6. The van der Waals surface area contributed by atoms with Gasteiger partial charge >= 0.3 is 0 Å². The number of imidazole rings is 1. The topological polar surface area (TPSA) is 56.1 Å². The monoisotopic (exact) mass is 545 g/mol. The van der Waals surface area contributed by atoms with Crippen LogP contribution >= 0.6 is 0 Å². The van der Waals surface area contributed by atoms with Crippen molar-refractivity contribution in [3.63, 3.8) is 0 Å². The number of nitrogens with one attached hydrogen (secondary N) is 1. The number of amides is 1. The van der Waals surface area contributed by atoms with Crippen molar-refractivity contribution in [3.8, 4) is 16.9 Å². The molecule has 0 spiro atoms. The number of hydrogen-bond acceptors (Lipinski definition) is 3. The van der Waals surface area contributed by atoms with Crippen molar-refractivity contribution < 1.29 is 9.53 Å². The van der Waals surface area contributed by atoms with E-state index in [1.54, 1.807) is 0 Å². The van der Waals surface area contributed by atoms with Crippen LogP contribution in [0.5, 0.6) is 5.75 Å². The maximum absolute atomic E-state index is 12.8. The lowest BCUT2D eigenvalue weighted by Gasteiger charge is -2.12. The highest BCUT2D eigenvalue weighted by molar-refractivity contribution is 5.79. The van der Waals surface area contributed by atoms with Gasteiger partial charge in [0.2, 0.25) is 5.91 Å². The first-order chi connectivity index (χ1) is 20.1. The van der Waals surface area contributed by atoms with E-state index >= 15 is 0 Å². The van der Waals surface area contributed by atoms with E-state index in [4.69, 9.17) is 9.72 Å². The molecule has 0 aliphatic carbocycles. The van der Waals surface area contributed by atoms with Crippen LogP contribution in [0.15, 0.2) is 103 Å². The van der Waals surface area contributed by atoms with Crippen LogP contribution in [0.3, 0.4) is 0 Å². The van der Waals surface area contributed by atoms with E-state index in [-0.39, 0.29) is 5.91 Å². The Balaban J connectivity index is 1.13. The Kier molecular flexibility index (Phi) is 9.48. The van der Waals surface area contributed by atoms with E-state index < -0.39 is 0 Å². The van der Waals surface area contributed by atoms with Crippen LogP contribution in [0.4, 0.5) is 0 Å². The molecule has 5 nitrogen and oxygen atoms in total. The molecular weight excluding hydrogens is 506 g/mol. The van der Waals surface area contributed by atoms with Crippen molar-refractivity contribution in [1.29, 1.82) is 0 Å². The Morgan fingerprint density at radius 2 is 1.56 bits per heavy atom. The normalized spacial score (nSPS) is 11.9. The second-order valence-electron chi connectivity index (χ2n) is 10.6. The first-order valence-corrected chi connectivity index (χ1v) is 14.7. The lowest BCUT2D eigenvalue weighted by Crippen LogP contribution is -2.26. The quantitative estimate of drug-likeness (QED) is 0.153. The summed E-state index contributed by atoms with van der Waals surface area (Å²) in [5.74, 6) is 2.35. The summed E-state index contributed by atoms with van der Waals surface area (Å²) in [7, 11) is 0. The van der Waals surface area contributed by atoms with E-state index in [9.17, 15) is 4.79 Å². The molecule has 0 fully saturated rings. The zero-order valence-corrected chi connectivity index (χ0v) is 24.1. The molecule has 41 heavy (non-hydrogen) atoms. The molecule has 0 aliphatic heterocycles. The van der Waals surface area contributed by atoms with Crippen molar-refractivity contribution in [1.82, 2.24) is 14.9 Å². The van der Waals surface area contributed by atoms with Gasteiger partial charge < -0.3 is 14.6 Å². The summed E-state index contributed by atoms with van der Waals surface area (Å²) in [6, 6.07) is 35.1. The molecule has 0 bridgehead atoms. The van der Waals surface area contributed by atoms with Crippen LogP contribution < -0.4 is 10.1 Å². The Hall–Kier alpha value is -4.38. The van der Waals surface area contributed by atoms with Gasteiger partial charge in [-0.05, 0) is 71.7 Å². The number of benzene rings is 4. The fourth-order valence-electron chi connectivity index (χ4n) is 5.07. The zero-order valence-electron chi connectivity index (χ0n) is 24.1. The average molecular weight is 546 g/mol. The number of rotatable bonds is 13. The molecule has 5 rings (SSSR count). The van der Waals surface area contributed by atoms with Gasteiger partial charge in [-0.1, -0.05) is 92.7 Å². The predicted octanol–water partition coefficient (Wildman–Crippen LogP) is 7.93. The molecule has 0 radical (unpaired) electrons. The summed E-state index contributed by atoms with van der Waals surface area (Å²) in [6.07, 6.45) is 3.37. The standard InChI is InChI=1S/C36H39N3O2/c1-3-27(2)29-19-21-32(22-20-29)41-24-10-9-23-39-34-14-8-7-13-33(34)38-35(39)26-37-36(40)25-28-15-17-31(18-16-28)30-11-5-4-6-12-30/h4-8,11-22,27H,3,9-10,23-26H2,1-2H3,(H,37,40). The number of hydrogen-bond donors (Lipinski definition) is 1. The van der Waals surface area contributed by atoms with E-state index in [0.29, 0.717) is 25.5 Å². The van der Waals surface area contributed by atoms with Crippen LogP contribution in [0.2, 0.25) is 0 Å². The summed E-state index contributed by atoms with van der Waals surface area (Å²) < 4.78 is 8.23. The van der Waals surface area contributed by atoms with E-state index in [1.807, 2.05) is 48.5 Å². The summed E-state index contributed by atoms with van der Waals surface area (Å²) in [6.45, 7) is 6.35. The third-order valence-electron chi connectivity index (χ3n) is 7.71. The van der Waals surface area contributed by atoms with Gasteiger partial charge in [-0.2, -0.15) is 0 Å². The van der Waals surface area contributed by atoms with Crippen LogP contribution in [-0.4, -0.2) is 22.1 Å². The highest BCUT2D eigenvalue weighted by atomic mass is 16.5. The molecule has 1 aromatic heterocycles.